The van der Waals surface area contributed by atoms with Gasteiger partial charge < -0.3 is 21.4 Å². The second kappa shape index (κ2) is 12.0. The standard InChI is InChI=1S/C19H34F5NO6Si5/c1-25(17(26)18(21,27-14-20)19(22,23)24)15-9-8-10-16(13-15)35(5,6)11-12-36(7)30-33(3)28-32(2)29-34(4)31-36/h8-10,13,32-34H,11-12,14H2,1-7H3. The second-order valence-electron chi connectivity index (χ2n) is 9.49. The molecule has 1 fully saturated rings. The number of likely N-dealkylation sites (N-methyl/N-ethyl adjacent to an activating group) is 1. The lowest BCUT2D eigenvalue weighted by molar-refractivity contribution is -0.321. The van der Waals surface area contributed by atoms with Crippen LogP contribution in [0.25, 0.3) is 0 Å². The average molecular weight is 608 g/mol. The minimum absolute atomic E-state index is 0.0384. The van der Waals surface area contributed by atoms with Gasteiger partial charge in [-0.2, -0.15) is 17.6 Å². The van der Waals surface area contributed by atoms with Gasteiger partial charge in [-0.15, -0.1) is 0 Å². The van der Waals surface area contributed by atoms with E-state index in [0.717, 1.165) is 18.3 Å². The van der Waals surface area contributed by atoms with Crippen LogP contribution in [0.1, 0.15) is 0 Å². The van der Waals surface area contributed by atoms with Crippen LogP contribution in [-0.2, 0) is 26.0 Å². The van der Waals surface area contributed by atoms with Crippen LogP contribution < -0.4 is 10.1 Å². The van der Waals surface area contributed by atoms with Gasteiger partial charge in [0.2, 0.25) is 0 Å². The van der Waals surface area contributed by atoms with Crippen LogP contribution in [0.15, 0.2) is 24.3 Å². The molecule has 7 nitrogen and oxygen atoms in total. The quantitative estimate of drug-likeness (QED) is 0.333. The first-order chi connectivity index (χ1) is 16.4. The predicted octanol–water partition coefficient (Wildman–Crippen LogP) is 3.44. The molecule has 0 saturated carbocycles. The summed E-state index contributed by atoms with van der Waals surface area (Å²) in [6, 6.07) is 7.79. The van der Waals surface area contributed by atoms with E-state index >= 15 is 0 Å². The van der Waals surface area contributed by atoms with Crippen LogP contribution in [0.4, 0.5) is 27.6 Å². The van der Waals surface area contributed by atoms with Crippen molar-refractivity contribution in [1.29, 1.82) is 0 Å². The summed E-state index contributed by atoms with van der Waals surface area (Å²) in [5.74, 6) is -6.85. The SMILES string of the molecule is CN(C(=O)C(F)(OCF)C(F)(F)F)c1cccc([Si](C)(C)CC[Si]2(C)O[SiH](C)O[SiH](C)O[SiH](C)O2)c1. The van der Waals surface area contributed by atoms with Crippen molar-refractivity contribution in [3.8, 4) is 0 Å². The predicted molar refractivity (Wildman–Crippen MR) is 139 cm³/mol. The number of amides is 1. The highest BCUT2D eigenvalue weighted by Gasteiger charge is 2.65. The summed E-state index contributed by atoms with van der Waals surface area (Å²) in [5.41, 5.74) is 0.0384. The van der Waals surface area contributed by atoms with Crippen LogP contribution >= 0.6 is 0 Å². The molecule has 1 aliphatic rings. The second-order valence-corrected chi connectivity index (χ2v) is 24.6. The fourth-order valence-corrected chi connectivity index (χ4v) is 23.5. The van der Waals surface area contributed by atoms with Gasteiger partial charge in [0.05, 0.1) is 8.07 Å². The molecule has 1 aromatic rings. The van der Waals surface area contributed by atoms with E-state index in [0.29, 0.717) is 10.9 Å². The van der Waals surface area contributed by atoms with E-state index in [1.54, 1.807) is 12.1 Å². The molecule has 1 saturated heterocycles. The van der Waals surface area contributed by atoms with Crippen molar-refractivity contribution in [2.24, 2.45) is 0 Å². The molecule has 0 bridgehead atoms. The normalized spacial score (nSPS) is 27.6. The largest absolute Gasteiger partial charge is 0.458 e. The topological polar surface area (TPSA) is 66.5 Å². The summed E-state index contributed by atoms with van der Waals surface area (Å²) in [5, 5.41) is 0.843. The Morgan fingerprint density at radius 3 is 2.14 bits per heavy atom. The number of hydrogen-bond donors (Lipinski definition) is 0. The van der Waals surface area contributed by atoms with Gasteiger partial charge in [-0.05, 0) is 44.4 Å². The van der Waals surface area contributed by atoms with Crippen LogP contribution in [0.3, 0.4) is 0 Å². The Balaban J connectivity index is 2.23. The molecule has 1 aromatic carbocycles. The van der Waals surface area contributed by atoms with Gasteiger partial charge in [0.15, 0.2) is 6.86 Å². The van der Waals surface area contributed by atoms with Gasteiger partial charge in [-0.3, -0.25) is 9.53 Å². The molecule has 0 radical (unpaired) electrons. The summed E-state index contributed by atoms with van der Waals surface area (Å²) >= 11 is 0. The third kappa shape index (κ3) is 7.63. The lowest BCUT2D eigenvalue weighted by atomic mass is 10.2. The van der Waals surface area contributed by atoms with E-state index in [2.05, 4.69) is 17.8 Å². The maximum atomic E-state index is 14.5. The molecule has 3 unspecified atom stereocenters. The number of hydrogen-bond acceptors (Lipinski definition) is 6. The number of alkyl halides is 5. The minimum Gasteiger partial charge on any atom is -0.420 e. The number of halogens is 5. The zero-order valence-corrected chi connectivity index (χ0v) is 26.9. The Labute approximate surface area is 215 Å². The van der Waals surface area contributed by atoms with Crippen molar-refractivity contribution in [2.75, 3.05) is 18.8 Å². The molecule has 1 amide bonds. The van der Waals surface area contributed by atoms with Crippen molar-refractivity contribution in [3.05, 3.63) is 24.3 Å². The maximum absolute atomic E-state index is 14.5. The Hall–Kier alpha value is -0.776. The van der Waals surface area contributed by atoms with Crippen molar-refractivity contribution in [1.82, 2.24) is 0 Å². The van der Waals surface area contributed by atoms with E-state index in [1.165, 1.54) is 6.07 Å². The fourth-order valence-electron chi connectivity index (χ4n) is 3.97. The number of rotatable bonds is 8. The lowest BCUT2D eigenvalue weighted by Crippen LogP contribution is -2.56. The van der Waals surface area contributed by atoms with Gasteiger partial charge in [-0.1, -0.05) is 36.5 Å². The first-order valence-electron chi connectivity index (χ1n) is 11.4. The van der Waals surface area contributed by atoms with Crippen LogP contribution in [0.5, 0.6) is 0 Å². The minimum atomic E-state index is -5.75. The van der Waals surface area contributed by atoms with Crippen molar-refractivity contribution in [3.63, 3.8) is 0 Å². The van der Waals surface area contributed by atoms with E-state index in [9.17, 15) is 26.7 Å². The van der Waals surface area contributed by atoms with Crippen molar-refractivity contribution >= 4 is 61.3 Å². The van der Waals surface area contributed by atoms with E-state index in [1.807, 2.05) is 32.3 Å². The Morgan fingerprint density at radius 2 is 1.64 bits per heavy atom. The smallest absolute Gasteiger partial charge is 0.420 e. The summed E-state index contributed by atoms with van der Waals surface area (Å²) in [6.45, 7) is 9.93. The monoisotopic (exact) mass is 607 g/mol. The molecule has 3 atom stereocenters. The van der Waals surface area contributed by atoms with E-state index in [-0.39, 0.29) is 5.69 Å². The van der Waals surface area contributed by atoms with Gasteiger partial charge in [0, 0.05) is 12.7 Å². The molecule has 0 aromatic heterocycles. The van der Waals surface area contributed by atoms with Gasteiger partial charge in [0.25, 0.3) is 27.9 Å². The number of benzene rings is 1. The first-order valence-corrected chi connectivity index (χ1v) is 23.5. The first kappa shape index (κ1) is 31.4. The van der Waals surface area contributed by atoms with Gasteiger partial charge in [-0.25, -0.2) is 4.39 Å². The Bertz CT molecular complexity index is 902. The van der Waals surface area contributed by atoms with E-state index in [4.69, 9.17) is 16.5 Å². The molecular weight excluding hydrogens is 574 g/mol. The zero-order valence-electron chi connectivity index (χ0n) is 21.4. The molecule has 2 rings (SSSR count). The molecular formula is C19H34F5NO6Si5. The summed E-state index contributed by atoms with van der Waals surface area (Å²) < 4.78 is 94.7. The molecule has 0 aliphatic carbocycles. The summed E-state index contributed by atoms with van der Waals surface area (Å²) in [4.78, 5) is 12.9. The summed E-state index contributed by atoms with van der Waals surface area (Å²) in [7, 11) is -9.38. The van der Waals surface area contributed by atoms with Crippen LogP contribution in [0, 0.1) is 0 Å². The number of carbonyl (C=O) groups is 1. The van der Waals surface area contributed by atoms with Crippen LogP contribution in [-0.4, -0.2) is 76.3 Å². The molecule has 0 spiro atoms. The number of anilines is 1. The van der Waals surface area contributed by atoms with E-state index < -0.39 is 69.3 Å². The maximum Gasteiger partial charge on any atom is 0.458 e. The fraction of sp³-hybridized carbons (Fsp3) is 0.632. The number of ether oxygens (including phenoxy) is 1. The lowest BCUT2D eigenvalue weighted by Gasteiger charge is -2.38. The third-order valence-corrected chi connectivity index (χ3v) is 23.8. The zero-order chi connectivity index (χ0) is 27.5. The number of carbonyl (C=O) groups excluding carboxylic acids is 1. The Morgan fingerprint density at radius 1 is 1.08 bits per heavy atom. The van der Waals surface area contributed by atoms with Gasteiger partial charge >= 0.3 is 26.5 Å². The molecule has 206 valence electrons. The highest BCUT2D eigenvalue weighted by molar-refractivity contribution is 6.91. The molecule has 0 N–H and O–H groups in total. The highest BCUT2D eigenvalue weighted by atomic mass is 28.5. The number of nitrogens with zero attached hydrogens (tertiary/aromatic N) is 1. The summed E-state index contributed by atoms with van der Waals surface area (Å²) in [6.07, 6.45) is -5.75. The molecule has 1 aliphatic heterocycles. The molecule has 36 heavy (non-hydrogen) atoms. The average Bonchev–Trinajstić information content (AvgIpc) is 2.75. The third-order valence-electron chi connectivity index (χ3n) is 6.01. The highest BCUT2D eigenvalue weighted by Crippen LogP contribution is 2.37. The van der Waals surface area contributed by atoms with Crippen molar-refractivity contribution in [2.45, 2.75) is 63.4 Å². The van der Waals surface area contributed by atoms with Crippen molar-refractivity contribution < 1.29 is 47.9 Å². The van der Waals surface area contributed by atoms with Crippen LogP contribution in [0.2, 0.25) is 51.4 Å². The van der Waals surface area contributed by atoms with Gasteiger partial charge in [0.1, 0.15) is 0 Å². The Kier molecular flexibility index (Phi) is 10.4. The molecule has 17 heteroatoms. The molecule has 1 heterocycles.